The molecule has 0 radical (unpaired) electrons. The standard InChI is InChI=1S/C18H24O4S/c1-13(19)20-17(2)10-9-14-11-16(17)21-22-18(14,3)12-23-15-7-5-4-6-8-15/h4-8,14,16H,9-12H2,1-3H3/t14?,16?,17?,18-/m0/s1. The molecule has 1 aliphatic heterocycles. The Kier molecular flexibility index (Phi) is 4.72. The second-order valence-electron chi connectivity index (χ2n) is 6.96. The van der Waals surface area contributed by atoms with Gasteiger partial charge < -0.3 is 4.74 Å². The van der Waals surface area contributed by atoms with Crippen molar-refractivity contribution in [3.8, 4) is 0 Å². The Morgan fingerprint density at radius 3 is 2.78 bits per heavy atom. The van der Waals surface area contributed by atoms with Crippen LogP contribution in [0, 0.1) is 5.92 Å². The summed E-state index contributed by atoms with van der Waals surface area (Å²) in [6.45, 7) is 5.51. The van der Waals surface area contributed by atoms with E-state index in [0.717, 1.165) is 25.0 Å². The van der Waals surface area contributed by atoms with Crippen LogP contribution < -0.4 is 0 Å². The van der Waals surface area contributed by atoms with E-state index in [1.54, 1.807) is 11.8 Å². The molecule has 4 nitrogen and oxygen atoms in total. The lowest BCUT2D eigenvalue weighted by Crippen LogP contribution is -2.58. The molecule has 0 amide bonds. The third kappa shape index (κ3) is 3.57. The van der Waals surface area contributed by atoms with E-state index >= 15 is 0 Å². The minimum atomic E-state index is -0.573. The van der Waals surface area contributed by atoms with Crippen LogP contribution in [0.25, 0.3) is 0 Å². The summed E-state index contributed by atoms with van der Waals surface area (Å²) in [6, 6.07) is 10.3. The number of carbonyl (C=O) groups is 1. The van der Waals surface area contributed by atoms with Crippen molar-refractivity contribution >= 4 is 17.7 Å². The Hall–Kier alpha value is -1.04. The molecule has 2 aliphatic rings. The molecule has 2 fully saturated rings. The Morgan fingerprint density at radius 2 is 2.09 bits per heavy atom. The van der Waals surface area contributed by atoms with Crippen molar-refractivity contribution in [1.82, 2.24) is 0 Å². The van der Waals surface area contributed by atoms with Gasteiger partial charge in [-0.15, -0.1) is 11.8 Å². The van der Waals surface area contributed by atoms with Gasteiger partial charge in [0.15, 0.2) is 0 Å². The lowest BCUT2D eigenvalue weighted by atomic mass is 9.71. The second-order valence-corrected chi connectivity index (χ2v) is 8.01. The molecule has 0 spiro atoms. The summed E-state index contributed by atoms with van der Waals surface area (Å²) in [5, 5.41) is 0. The largest absolute Gasteiger partial charge is 0.457 e. The van der Waals surface area contributed by atoms with Crippen LogP contribution in [-0.2, 0) is 19.3 Å². The second kappa shape index (κ2) is 6.46. The first-order valence-corrected chi connectivity index (χ1v) is 9.12. The molecule has 1 saturated carbocycles. The Labute approximate surface area is 141 Å². The van der Waals surface area contributed by atoms with Crippen LogP contribution in [0.2, 0.25) is 0 Å². The molecule has 1 saturated heterocycles. The van der Waals surface area contributed by atoms with E-state index < -0.39 is 5.60 Å². The summed E-state index contributed by atoms with van der Waals surface area (Å²) in [4.78, 5) is 24.1. The number of ether oxygens (including phenoxy) is 1. The summed E-state index contributed by atoms with van der Waals surface area (Å²) in [6.07, 6.45) is 2.49. The van der Waals surface area contributed by atoms with Gasteiger partial charge >= 0.3 is 5.97 Å². The monoisotopic (exact) mass is 336 g/mol. The lowest BCUT2D eigenvalue weighted by molar-refractivity contribution is -0.441. The van der Waals surface area contributed by atoms with Crippen LogP contribution in [0.15, 0.2) is 35.2 Å². The SMILES string of the molecule is CC(=O)OC1(C)CCC2CC1OO[C@@]2(C)CSc1ccccc1. The number of thioether (sulfide) groups is 1. The average molecular weight is 336 g/mol. The molecular weight excluding hydrogens is 312 g/mol. The topological polar surface area (TPSA) is 44.8 Å². The van der Waals surface area contributed by atoms with Gasteiger partial charge in [0, 0.05) is 17.6 Å². The Bertz CT molecular complexity index is 563. The average Bonchev–Trinajstić information content (AvgIpc) is 2.52. The third-order valence-corrected chi connectivity index (χ3v) is 6.36. The molecule has 1 aliphatic carbocycles. The first-order valence-electron chi connectivity index (χ1n) is 8.13. The van der Waals surface area contributed by atoms with Crippen LogP contribution in [0.5, 0.6) is 0 Å². The van der Waals surface area contributed by atoms with Gasteiger partial charge in [-0.25, -0.2) is 9.78 Å². The van der Waals surface area contributed by atoms with E-state index in [2.05, 4.69) is 19.1 Å². The summed E-state index contributed by atoms with van der Waals surface area (Å²) in [5.74, 6) is 1.00. The summed E-state index contributed by atoms with van der Waals surface area (Å²) >= 11 is 1.79. The van der Waals surface area contributed by atoms with Crippen LogP contribution in [0.4, 0.5) is 0 Å². The molecule has 3 unspecified atom stereocenters. The highest BCUT2D eigenvalue weighted by atomic mass is 32.2. The number of hydrogen-bond donors (Lipinski definition) is 0. The van der Waals surface area contributed by atoms with E-state index in [1.807, 2.05) is 25.1 Å². The number of esters is 1. The molecular formula is C18H24O4S. The van der Waals surface area contributed by atoms with E-state index in [4.69, 9.17) is 14.5 Å². The summed E-state index contributed by atoms with van der Waals surface area (Å²) in [5.41, 5.74) is -0.884. The zero-order chi connectivity index (χ0) is 16.5. The first-order chi connectivity index (χ1) is 10.9. The number of carbonyl (C=O) groups excluding carboxylic acids is 1. The zero-order valence-corrected chi connectivity index (χ0v) is 14.7. The maximum atomic E-state index is 11.3. The van der Waals surface area contributed by atoms with Crippen LogP contribution in [0.3, 0.4) is 0 Å². The number of benzene rings is 1. The van der Waals surface area contributed by atoms with Crippen LogP contribution >= 0.6 is 11.8 Å². The summed E-state index contributed by atoms with van der Waals surface area (Å²) < 4.78 is 5.51. The highest BCUT2D eigenvalue weighted by Crippen LogP contribution is 2.48. The van der Waals surface area contributed by atoms with Crippen molar-refractivity contribution < 1.29 is 19.3 Å². The molecule has 0 N–H and O–H groups in total. The van der Waals surface area contributed by atoms with Crippen molar-refractivity contribution in [2.45, 2.75) is 62.2 Å². The minimum absolute atomic E-state index is 0.181. The first kappa shape index (κ1) is 16.8. The molecule has 0 aromatic heterocycles. The van der Waals surface area contributed by atoms with E-state index in [-0.39, 0.29) is 17.7 Å². The lowest BCUT2D eigenvalue weighted by Gasteiger charge is -2.51. The molecule has 3 rings (SSSR count). The smallest absolute Gasteiger partial charge is 0.303 e. The number of rotatable bonds is 4. The Balaban J connectivity index is 1.64. The van der Waals surface area contributed by atoms with Crippen molar-refractivity contribution in [3.63, 3.8) is 0 Å². The predicted octanol–water partition coefficient (Wildman–Crippen LogP) is 3.99. The zero-order valence-electron chi connectivity index (χ0n) is 13.9. The maximum absolute atomic E-state index is 11.3. The van der Waals surface area contributed by atoms with E-state index in [9.17, 15) is 4.79 Å². The van der Waals surface area contributed by atoms with E-state index in [0.29, 0.717) is 5.92 Å². The van der Waals surface area contributed by atoms with Gasteiger partial charge in [0.1, 0.15) is 17.3 Å². The number of hydrogen-bond acceptors (Lipinski definition) is 5. The van der Waals surface area contributed by atoms with Crippen molar-refractivity contribution in [1.29, 1.82) is 0 Å². The van der Waals surface area contributed by atoms with Gasteiger partial charge in [-0.05, 0) is 51.2 Å². The van der Waals surface area contributed by atoms with Crippen molar-refractivity contribution in [2.24, 2.45) is 5.92 Å². The molecule has 4 atom stereocenters. The molecule has 126 valence electrons. The van der Waals surface area contributed by atoms with Gasteiger partial charge in [0.05, 0.1) is 0 Å². The van der Waals surface area contributed by atoms with Gasteiger partial charge in [0.25, 0.3) is 0 Å². The minimum Gasteiger partial charge on any atom is -0.457 e. The molecule has 5 heteroatoms. The molecule has 23 heavy (non-hydrogen) atoms. The molecule has 1 aromatic carbocycles. The molecule has 1 aromatic rings. The number of fused-ring (bicyclic) bond motifs is 2. The van der Waals surface area contributed by atoms with Gasteiger partial charge in [-0.2, -0.15) is 0 Å². The fourth-order valence-corrected chi connectivity index (χ4v) is 4.60. The normalized spacial score (nSPS) is 36.5. The predicted molar refractivity (Wildman–Crippen MR) is 89.0 cm³/mol. The quantitative estimate of drug-likeness (QED) is 0.472. The van der Waals surface area contributed by atoms with Crippen molar-refractivity contribution in [2.75, 3.05) is 5.75 Å². The highest BCUT2D eigenvalue weighted by molar-refractivity contribution is 7.99. The fourth-order valence-electron chi connectivity index (χ4n) is 3.51. The maximum Gasteiger partial charge on any atom is 0.303 e. The van der Waals surface area contributed by atoms with Gasteiger partial charge in [-0.1, -0.05) is 18.2 Å². The third-order valence-electron chi connectivity index (χ3n) is 5.03. The van der Waals surface area contributed by atoms with Gasteiger partial charge in [-0.3, -0.25) is 4.79 Å². The highest BCUT2D eigenvalue weighted by Gasteiger charge is 2.53. The van der Waals surface area contributed by atoms with Crippen LogP contribution in [0.1, 0.15) is 40.0 Å². The van der Waals surface area contributed by atoms with Gasteiger partial charge in [0.2, 0.25) is 0 Å². The molecule has 1 heterocycles. The fraction of sp³-hybridized carbons (Fsp3) is 0.611. The van der Waals surface area contributed by atoms with Crippen molar-refractivity contribution in [3.05, 3.63) is 30.3 Å². The molecule has 2 bridgehead atoms. The summed E-state index contributed by atoms with van der Waals surface area (Å²) in [7, 11) is 0. The van der Waals surface area contributed by atoms with Crippen LogP contribution in [-0.4, -0.2) is 29.0 Å². The Morgan fingerprint density at radius 1 is 1.35 bits per heavy atom. The van der Waals surface area contributed by atoms with E-state index in [1.165, 1.54) is 11.8 Å².